The molecule has 0 aromatic heterocycles. The molecular weight excluding hydrogens is 214 g/mol. The van der Waals surface area contributed by atoms with Gasteiger partial charge in [0, 0.05) is 18.2 Å². The second-order valence-electron chi connectivity index (χ2n) is 3.34. The van der Waals surface area contributed by atoms with E-state index in [1.54, 1.807) is 11.8 Å². The number of hydrogen-bond acceptors (Lipinski definition) is 4. The molecule has 0 unspecified atom stereocenters. The Bertz CT molecular complexity index is 229. The smallest absolute Gasteiger partial charge is 0.239 e. The van der Waals surface area contributed by atoms with Crippen molar-refractivity contribution in [3.63, 3.8) is 0 Å². The summed E-state index contributed by atoms with van der Waals surface area (Å²) >= 11 is 1.69. The Morgan fingerprint density at radius 1 is 1.47 bits per heavy atom. The Labute approximate surface area is 93.7 Å². The van der Waals surface area contributed by atoms with Gasteiger partial charge in [0.25, 0.3) is 0 Å². The molecule has 3 N–H and O–H groups in total. The van der Waals surface area contributed by atoms with Crippen LogP contribution < -0.4 is 16.0 Å². The van der Waals surface area contributed by atoms with Crippen LogP contribution in [0.4, 0.5) is 0 Å². The Kier molecular flexibility index (Phi) is 5.49. The van der Waals surface area contributed by atoms with Gasteiger partial charge in [-0.05, 0) is 6.42 Å². The van der Waals surface area contributed by atoms with Crippen LogP contribution in [-0.4, -0.2) is 42.6 Å². The highest BCUT2D eigenvalue weighted by atomic mass is 32.2. The number of rotatable bonds is 5. The van der Waals surface area contributed by atoms with Crippen LogP contribution in [0.5, 0.6) is 0 Å². The maximum absolute atomic E-state index is 11.5. The molecule has 1 heterocycles. The predicted molar refractivity (Wildman–Crippen MR) is 60.6 cm³/mol. The molecule has 0 radical (unpaired) electrons. The molecule has 5 nitrogen and oxygen atoms in total. The molecule has 0 aliphatic carbocycles. The van der Waals surface area contributed by atoms with Gasteiger partial charge >= 0.3 is 0 Å². The van der Waals surface area contributed by atoms with Crippen molar-refractivity contribution < 1.29 is 9.59 Å². The monoisotopic (exact) mass is 231 g/mol. The van der Waals surface area contributed by atoms with Gasteiger partial charge in [0.15, 0.2) is 0 Å². The molecule has 0 spiro atoms. The van der Waals surface area contributed by atoms with E-state index in [1.807, 2.05) is 6.92 Å². The summed E-state index contributed by atoms with van der Waals surface area (Å²) < 4.78 is 0. The van der Waals surface area contributed by atoms with Gasteiger partial charge in [-0.15, -0.1) is 11.8 Å². The Hall–Kier alpha value is -0.750. The number of hydrogen-bond donors (Lipinski definition) is 3. The Balaban J connectivity index is 2.12. The summed E-state index contributed by atoms with van der Waals surface area (Å²) in [6.45, 7) is 2.71. The maximum atomic E-state index is 11.5. The predicted octanol–water partition coefficient (Wildman–Crippen LogP) is -0.709. The minimum absolute atomic E-state index is 0.0711. The highest BCUT2D eigenvalue weighted by Gasteiger charge is 2.22. The highest BCUT2D eigenvalue weighted by molar-refractivity contribution is 7.99. The first-order chi connectivity index (χ1) is 7.24. The summed E-state index contributed by atoms with van der Waals surface area (Å²) in [7, 11) is 0. The lowest BCUT2D eigenvalue weighted by Gasteiger charge is -2.10. The van der Waals surface area contributed by atoms with E-state index in [4.69, 9.17) is 0 Å². The number of nitrogens with one attached hydrogen (secondary N) is 3. The average molecular weight is 231 g/mol. The van der Waals surface area contributed by atoms with E-state index >= 15 is 0 Å². The van der Waals surface area contributed by atoms with Crippen molar-refractivity contribution in [2.45, 2.75) is 19.4 Å². The first-order valence-corrected chi connectivity index (χ1v) is 6.25. The molecule has 6 heteroatoms. The lowest BCUT2D eigenvalue weighted by atomic mass is 10.3. The largest absolute Gasteiger partial charge is 0.355 e. The molecule has 1 rings (SSSR count). The third kappa shape index (κ3) is 4.53. The van der Waals surface area contributed by atoms with Crippen molar-refractivity contribution in [1.29, 1.82) is 0 Å². The topological polar surface area (TPSA) is 70.2 Å². The van der Waals surface area contributed by atoms with E-state index in [9.17, 15) is 9.59 Å². The molecule has 15 heavy (non-hydrogen) atoms. The van der Waals surface area contributed by atoms with Crippen molar-refractivity contribution in [3.8, 4) is 0 Å². The standard InChI is InChI=1S/C9H17N3O2S/c1-2-3-10-8(13)4-11-9(14)7-5-15-6-12-7/h7,12H,2-6H2,1H3,(H,10,13)(H,11,14)/t7-/m1/s1. The summed E-state index contributed by atoms with van der Waals surface area (Å²) in [6, 6.07) is -0.144. The van der Waals surface area contributed by atoms with E-state index < -0.39 is 0 Å². The van der Waals surface area contributed by atoms with E-state index in [1.165, 1.54) is 0 Å². The van der Waals surface area contributed by atoms with E-state index in [0.29, 0.717) is 6.54 Å². The Morgan fingerprint density at radius 3 is 2.87 bits per heavy atom. The zero-order chi connectivity index (χ0) is 11.1. The van der Waals surface area contributed by atoms with Gasteiger partial charge in [-0.25, -0.2) is 0 Å². The Morgan fingerprint density at radius 2 is 2.27 bits per heavy atom. The van der Waals surface area contributed by atoms with Crippen molar-refractivity contribution in [2.75, 3.05) is 24.7 Å². The van der Waals surface area contributed by atoms with Gasteiger partial charge in [-0.1, -0.05) is 6.92 Å². The van der Waals surface area contributed by atoms with Crippen LogP contribution in [0.25, 0.3) is 0 Å². The molecule has 2 amide bonds. The molecule has 0 aromatic rings. The van der Waals surface area contributed by atoms with Crippen molar-refractivity contribution in [1.82, 2.24) is 16.0 Å². The SMILES string of the molecule is CCCNC(=O)CNC(=O)[C@H]1CSCN1. The third-order valence-corrected chi connectivity index (χ3v) is 2.97. The third-order valence-electron chi connectivity index (χ3n) is 2.03. The number of amides is 2. The minimum atomic E-state index is -0.144. The summed E-state index contributed by atoms with van der Waals surface area (Å²) in [4.78, 5) is 22.6. The summed E-state index contributed by atoms with van der Waals surface area (Å²) in [6.07, 6.45) is 0.903. The normalized spacial score (nSPS) is 19.9. The molecule has 1 aliphatic rings. The van der Waals surface area contributed by atoms with Crippen LogP contribution >= 0.6 is 11.8 Å². The molecular formula is C9H17N3O2S. The van der Waals surface area contributed by atoms with E-state index in [0.717, 1.165) is 18.1 Å². The van der Waals surface area contributed by atoms with Gasteiger partial charge in [-0.2, -0.15) is 0 Å². The second-order valence-corrected chi connectivity index (χ2v) is 4.37. The van der Waals surface area contributed by atoms with Crippen LogP contribution in [0.15, 0.2) is 0 Å². The van der Waals surface area contributed by atoms with Crippen molar-refractivity contribution >= 4 is 23.6 Å². The molecule has 1 saturated heterocycles. The van der Waals surface area contributed by atoms with Gasteiger partial charge in [0.1, 0.15) is 0 Å². The molecule has 1 fully saturated rings. The fraction of sp³-hybridized carbons (Fsp3) is 0.778. The minimum Gasteiger partial charge on any atom is -0.355 e. The fourth-order valence-corrected chi connectivity index (χ4v) is 2.12. The molecule has 86 valence electrons. The number of thioether (sulfide) groups is 1. The summed E-state index contributed by atoms with van der Waals surface area (Å²) in [5, 5.41) is 8.35. The molecule has 0 saturated carbocycles. The van der Waals surface area contributed by atoms with Crippen LogP contribution in [0.3, 0.4) is 0 Å². The molecule has 1 atom stereocenters. The lowest BCUT2D eigenvalue weighted by molar-refractivity contribution is -0.126. The number of carbonyl (C=O) groups is 2. The fourth-order valence-electron chi connectivity index (χ4n) is 1.18. The molecule has 0 aromatic carbocycles. The second kappa shape index (κ2) is 6.68. The lowest BCUT2D eigenvalue weighted by Crippen LogP contribution is -2.45. The average Bonchev–Trinajstić information content (AvgIpc) is 2.76. The first-order valence-electron chi connectivity index (χ1n) is 5.09. The van der Waals surface area contributed by atoms with Gasteiger partial charge < -0.3 is 10.6 Å². The zero-order valence-corrected chi connectivity index (χ0v) is 9.65. The van der Waals surface area contributed by atoms with Gasteiger partial charge in [0.05, 0.1) is 12.6 Å². The van der Waals surface area contributed by atoms with Crippen LogP contribution in [0, 0.1) is 0 Å². The van der Waals surface area contributed by atoms with Gasteiger partial charge in [-0.3, -0.25) is 14.9 Å². The first kappa shape index (κ1) is 12.3. The molecule has 1 aliphatic heterocycles. The van der Waals surface area contributed by atoms with Gasteiger partial charge in [0.2, 0.25) is 11.8 Å². The van der Waals surface area contributed by atoms with Crippen LogP contribution in [-0.2, 0) is 9.59 Å². The van der Waals surface area contributed by atoms with Crippen LogP contribution in [0.2, 0.25) is 0 Å². The quantitative estimate of drug-likeness (QED) is 0.585. The summed E-state index contributed by atoms with van der Waals surface area (Å²) in [5.74, 6) is 1.37. The zero-order valence-electron chi connectivity index (χ0n) is 8.84. The summed E-state index contributed by atoms with van der Waals surface area (Å²) in [5.41, 5.74) is 0. The number of carbonyl (C=O) groups excluding carboxylic acids is 2. The van der Waals surface area contributed by atoms with Crippen molar-refractivity contribution in [2.24, 2.45) is 0 Å². The maximum Gasteiger partial charge on any atom is 0.239 e. The van der Waals surface area contributed by atoms with E-state index in [2.05, 4.69) is 16.0 Å². The van der Waals surface area contributed by atoms with Crippen molar-refractivity contribution in [3.05, 3.63) is 0 Å². The highest BCUT2D eigenvalue weighted by Crippen LogP contribution is 2.08. The van der Waals surface area contributed by atoms with Crippen LogP contribution in [0.1, 0.15) is 13.3 Å². The van der Waals surface area contributed by atoms with E-state index in [-0.39, 0.29) is 24.4 Å². The molecule has 0 bridgehead atoms.